The van der Waals surface area contributed by atoms with Crippen LogP contribution < -0.4 is 4.74 Å². The average Bonchev–Trinajstić information content (AvgIpc) is 2.33. The van der Waals surface area contributed by atoms with Crippen molar-refractivity contribution < 1.29 is 14.6 Å². The summed E-state index contributed by atoms with van der Waals surface area (Å²) in [5.74, 6) is -0.107. The fourth-order valence-electron chi connectivity index (χ4n) is 1.98. The second-order valence-corrected chi connectivity index (χ2v) is 5.05. The van der Waals surface area contributed by atoms with Crippen LogP contribution in [0.1, 0.15) is 27.2 Å². The number of aryl methyl sites for hydroxylation is 3. The molecule has 1 heterocycles. The molecule has 0 saturated carbocycles. The molecule has 1 aromatic heterocycles. The number of benzene rings is 1. The number of rotatable bonds is 3. The van der Waals surface area contributed by atoms with Gasteiger partial charge in [0.25, 0.3) is 0 Å². The van der Waals surface area contributed by atoms with E-state index in [0.29, 0.717) is 16.5 Å². The van der Waals surface area contributed by atoms with Gasteiger partial charge in [0.1, 0.15) is 5.75 Å². The van der Waals surface area contributed by atoms with Crippen LogP contribution in [0.5, 0.6) is 11.6 Å². The summed E-state index contributed by atoms with van der Waals surface area (Å²) in [6.45, 7) is 5.48. The summed E-state index contributed by atoms with van der Waals surface area (Å²) in [7, 11) is 0. The first-order valence-corrected chi connectivity index (χ1v) is 6.41. The van der Waals surface area contributed by atoms with E-state index in [2.05, 4.69) is 4.98 Å². The Hall–Kier alpha value is -2.07. The lowest BCUT2D eigenvalue weighted by Gasteiger charge is -2.12. The predicted molar refractivity (Wildman–Crippen MR) is 76.9 cm³/mol. The van der Waals surface area contributed by atoms with Crippen molar-refractivity contribution >= 4 is 17.6 Å². The molecule has 1 aromatic carbocycles. The number of carbonyl (C=O) groups is 1. The molecule has 20 heavy (non-hydrogen) atoms. The zero-order valence-electron chi connectivity index (χ0n) is 11.4. The molecule has 0 fully saturated rings. The van der Waals surface area contributed by atoms with Crippen molar-refractivity contribution in [3.05, 3.63) is 51.7 Å². The van der Waals surface area contributed by atoms with Crippen molar-refractivity contribution in [3.63, 3.8) is 0 Å². The summed E-state index contributed by atoms with van der Waals surface area (Å²) in [5.41, 5.74) is 2.48. The van der Waals surface area contributed by atoms with E-state index in [-0.39, 0.29) is 11.4 Å². The van der Waals surface area contributed by atoms with Crippen LogP contribution in [0.15, 0.2) is 24.3 Å². The van der Waals surface area contributed by atoms with Gasteiger partial charge < -0.3 is 9.84 Å². The Balaban J connectivity index is 2.42. The third kappa shape index (κ3) is 3.08. The largest absolute Gasteiger partial charge is 0.478 e. The smallest absolute Gasteiger partial charge is 0.335 e. The first-order chi connectivity index (χ1) is 9.36. The highest BCUT2D eigenvalue weighted by atomic mass is 35.5. The highest BCUT2D eigenvalue weighted by molar-refractivity contribution is 6.30. The summed E-state index contributed by atoms with van der Waals surface area (Å²) >= 11 is 5.97. The second kappa shape index (κ2) is 5.51. The minimum absolute atomic E-state index is 0.150. The van der Waals surface area contributed by atoms with Gasteiger partial charge in [-0.25, -0.2) is 9.78 Å². The fourth-order valence-corrected chi connectivity index (χ4v) is 2.30. The molecule has 5 heteroatoms. The topological polar surface area (TPSA) is 59.4 Å². The van der Waals surface area contributed by atoms with Crippen molar-refractivity contribution in [1.82, 2.24) is 4.98 Å². The van der Waals surface area contributed by atoms with Gasteiger partial charge in [-0.2, -0.15) is 0 Å². The van der Waals surface area contributed by atoms with Crippen LogP contribution in [0.4, 0.5) is 0 Å². The number of nitrogens with zero attached hydrogens (tertiary/aromatic N) is 1. The predicted octanol–water partition coefficient (Wildman–Crippen LogP) is 4.15. The zero-order chi connectivity index (χ0) is 14.9. The molecule has 0 bridgehead atoms. The lowest BCUT2D eigenvalue weighted by molar-refractivity contribution is 0.0696. The van der Waals surface area contributed by atoms with E-state index >= 15 is 0 Å². The Morgan fingerprint density at radius 3 is 2.30 bits per heavy atom. The molecule has 0 amide bonds. The number of hydrogen-bond acceptors (Lipinski definition) is 3. The van der Waals surface area contributed by atoms with Crippen molar-refractivity contribution in [2.75, 3.05) is 0 Å². The molecule has 4 nitrogen and oxygen atoms in total. The van der Waals surface area contributed by atoms with Crippen molar-refractivity contribution in [1.29, 1.82) is 0 Å². The van der Waals surface area contributed by atoms with Gasteiger partial charge in [-0.15, -0.1) is 0 Å². The second-order valence-electron chi connectivity index (χ2n) is 4.61. The summed E-state index contributed by atoms with van der Waals surface area (Å²) in [4.78, 5) is 15.2. The van der Waals surface area contributed by atoms with E-state index in [1.807, 2.05) is 13.8 Å². The van der Waals surface area contributed by atoms with Crippen LogP contribution in [0, 0.1) is 20.8 Å². The van der Waals surface area contributed by atoms with Crippen LogP contribution >= 0.6 is 11.6 Å². The average molecular weight is 292 g/mol. The van der Waals surface area contributed by atoms with Gasteiger partial charge >= 0.3 is 5.97 Å². The molecule has 2 rings (SSSR count). The summed E-state index contributed by atoms with van der Waals surface area (Å²) in [6, 6.07) is 6.48. The normalized spacial score (nSPS) is 10.4. The SMILES string of the molecule is Cc1cc(C(=O)O)cc(Oc2c(C)cc(Cl)cc2C)n1. The molecule has 1 N–H and O–H groups in total. The molecule has 0 aliphatic rings. The first-order valence-electron chi connectivity index (χ1n) is 6.03. The van der Waals surface area contributed by atoms with E-state index < -0.39 is 5.97 Å². The molecule has 0 aliphatic carbocycles. The molecule has 0 atom stereocenters. The van der Waals surface area contributed by atoms with Gasteiger partial charge in [-0.05, 0) is 50.1 Å². The Morgan fingerprint density at radius 2 is 1.75 bits per heavy atom. The molecule has 0 aliphatic heterocycles. The lowest BCUT2D eigenvalue weighted by Crippen LogP contribution is -2.01. The number of carboxylic acid groups (broad SMARTS) is 1. The van der Waals surface area contributed by atoms with E-state index in [4.69, 9.17) is 21.4 Å². The standard InChI is InChI=1S/C15H14ClNO3/c1-8-4-12(16)5-9(2)14(8)20-13-7-11(15(18)19)6-10(3)17-13/h4-7H,1-3H3,(H,18,19). The van der Waals surface area contributed by atoms with Crippen molar-refractivity contribution in [2.24, 2.45) is 0 Å². The minimum atomic E-state index is -1.01. The lowest BCUT2D eigenvalue weighted by atomic mass is 10.1. The molecular formula is C15H14ClNO3. The Bertz CT molecular complexity index is 660. The summed E-state index contributed by atoms with van der Waals surface area (Å²) in [5, 5.41) is 9.68. The molecule has 0 radical (unpaired) electrons. The highest BCUT2D eigenvalue weighted by Crippen LogP contribution is 2.31. The zero-order valence-corrected chi connectivity index (χ0v) is 12.2. The van der Waals surface area contributed by atoms with Crippen molar-refractivity contribution in [3.8, 4) is 11.6 Å². The van der Waals surface area contributed by atoms with Gasteiger partial charge in [-0.3, -0.25) is 0 Å². The van der Waals surface area contributed by atoms with Crippen LogP contribution in [-0.2, 0) is 0 Å². The van der Waals surface area contributed by atoms with Gasteiger partial charge in [0.15, 0.2) is 0 Å². The van der Waals surface area contributed by atoms with E-state index in [9.17, 15) is 4.79 Å². The number of aromatic nitrogens is 1. The van der Waals surface area contributed by atoms with E-state index in [0.717, 1.165) is 11.1 Å². The van der Waals surface area contributed by atoms with Crippen LogP contribution in [0.25, 0.3) is 0 Å². The van der Waals surface area contributed by atoms with Crippen LogP contribution in [0.3, 0.4) is 0 Å². The molecule has 2 aromatic rings. The van der Waals surface area contributed by atoms with Crippen molar-refractivity contribution in [2.45, 2.75) is 20.8 Å². The van der Waals surface area contributed by atoms with Gasteiger partial charge in [0.05, 0.1) is 5.56 Å². The number of aromatic carboxylic acids is 1. The number of carboxylic acids is 1. The minimum Gasteiger partial charge on any atom is -0.478 e. The highest BCUT2D eigenvalue weighted by Gasteiger charge is 2.11. The summed E-state index contributed by atoms with van der Waals surface area (Å²) in [6.07, 6.45) is 0. The number of ether oxygens (including phenoxy) is 1. The Labute approximate surface area is 122 Å². The number of pyridine rings is 1. The molecular weight excluding hydrogens is 278 g/mol. The quantitative estimate of drug-likeness (QED) is 0.923. The van der Waals surface area contributed by atoms with Gasteiger partial charge in [0, 0.05) is 16.8 Å². The molecule has 0 unspecified atom stereocenters. The fraction of sp³-hybridized carbons (Fsp3) is 0.200. The maximum atomic E-state index is 11.0. The van der Waals surface area contributed by atoms with Gasteiger partial charge in [-0.1, -0.05) is 11.6 Å². The maximum Gasteiger partial charge on any atom is 0.335 e. The number of hydrogen-bond donors (Lipinski definition) is 1. The third-order valence-electron chi connectivity index (χ3n) is 2.81. The number of halogens is 1. The van der Waals surface area contributed by atoms with E-state index in [1.54, 1.807) is 19.1 Å². The van der Waals surface area contributed by atoms with Gasteiger partial charge in [0.2, 0.25) is 5.88 Å². The van der Waals surface area contributed by atoms with E-state index in [1.165, 1.54) is 12.1 Å². The molecule has 0 saturated heterocycles. The third-order valence-corrected chi connectivity index (χ3v) is 3.03. The summed E-state index contributed by atoms with van der Waals surface area (Å²) < 4.78 is 5.73. The molecule has 104 valence electrons. The monoisotopic (exact) mass is 291 g/mol. The first kappa shape index (κ1) is 14.3. The Kier molecular flexibility index (Phi) is 3.95. The van der Waals surface area contributed by atoms with Crippen LogP contribution in [-0.4, -0.2) is 16.1 Å². The van der Waals surface area contributed by atoms with Crippen LogP contribution in [0.2, 0.25) is 5.02 Å². The Morgan fingerprint density at radius 1 is 1.15 bits per heavy atom. The molecule has 0 spiro atoms. The maximum absolute atomic E-state index is 11.0.